The van der Waals surface area contributed by atoms with Gasteiger partial charge in [-0.2, -0.15) is 0 Å². The maximum atomic E-state index is 12.2. The normalized spacial score (nSPS) is 10.2. The van der Waals surface area contributed by atoms with Gasteiger partial charge in [-0.05, 0) is 24.0 Å². The van der Waals surface area contributed by atoms with Gasteiger partial charge in [-0.3, -0.25) is 9.69 Å². The summed E-state index contributed by atoms with van der Waals surface area (Å²) in [5.74, 6) is -1.08. The Bertz CT molecular complexity index is 829. The molecule has 2 N–H and O–H groups in total. The second-order valence-corrected chi connectivity index (χ2v) is 7.26. The summed E-state index contributed by atoms with van der Waals surface area (Å²) in [6.45, 7) is 0.717. The molecule has 2 amide bonds. The fraction of sp³-hybridized carbons (Fsp3) is 0.375. The summed E-state index contributed by atoms with van der Waals surface area (Å²) in [6.07, 6.45) is 1.94. The van der Waals surface area contributed by atoms with Crippen molar-refractivity contribution in [2.45, 2.75) is 38.9 Å². The van der Waals surface area contributed by atoms with Crippen LogP contribution in [-0.4, -0.2) is 47.8 Å². The van der Waals surface area contributed by atoms with E-state index in [9.17, 15) is 14.4 Å². The van der Waals surface area contributed by atoms with Gasteiger partial charge < -0.3 is 19.9 Å². The van der Waals surface area contributed by atoms with Crippen molar-refractivity contribution in [1.82, 2.24) is 10.2 Å². The first kappa shape index (κ1) is 24.7. The first-order valence-corrected chi connectivity index (χ1v) is 10.7. The Hall–Kier alpha value is -3.55. The molecule has 0 aliphatic heterocycles. The largest absolute Gasteiger partial charge is 0.480 e. The number of aliphatic carboxylic acids is 1. The lowest BCUT2D eigenvalue weighted by Gasteiger charge is -2.20. The third kappa shape index (κ3) is 10.5. The van der Waals surface area contributed by atoms with E-state index in [2.05, 4.69) is 5.32 Å². The monoisotopic (exact) mass is 442 g/mol. The zero-order valence-electron chi connectivity index (χ0n) is 18.1. The molecule has 0 spiro atoms. The molecule has 0 radical (unpaired) electrons. The maximum Gasteiger partial charge on any atom is 0.410 e. The van der Waals surface area contributed by atoms with Gasteiger partial charge in [0, 0.05) is 13.1 Å². The Balaban J connectivity index is 1.57. The molecular formula is C24H30N2O6. The Morgan fingerprint density at radius 3 is 1.94 bits per heavy atom. The van der Waals surface area contributed by atoms with E-state index in [0.29, 0.717) is 19.5 Å². The van der Waals surface area contributed by atoms with E-state index in [1.807, 2.05) is 60.7 Å². The number of rotatable bonds is 13. The number of benzene rings is 2. The van der Waals surface area contributed by atoms with E-state index >= 15 is 0 Å². The van der Waals surface area contributed by atoms with E-state index in [-0.39, 0.29) is 13.2 Å². The molecule has 0 saturated carbocycles. The Morgan fingerprint density at radius 2 is 1.34 bits per heavy atom. The maximum absolute atomic E-state index is 12.2. The van der Waals surface area contributed by atoms with Crippen LogP contribution in [0.3, 0.4) is 0 Å². The van der Waals surface area contributed by atoms with Crippen molar-refractivity contribution >= 4 is 18.2 Å². The number of carbonyl (C=O) groups excluding carboxylic acids is 2. The number of carbonyl (C=O) groups is 3. The number of alkyl carbamates (subject to hydrolysis) is 1. The van der Waals surface area contributed by atoms with Crippen molar-refractivity contribution in [3.8, 4) is 0 Å². The zero-order valence-corrected chi connectivity index (χ0v) is 18.1. The molecule has 0 heterocycles. The van der Waals surface area contributed by atoms with Crippen LogP contribution >= 0.6 is 0 Å². The fourth-order valence-electron chi connectivity index (χ4n) is 2.95. The molecule has 0 aliphatic rings. The van der Waals surface area contributed by atoms with Gasteiger partial charge in [0.05, 0.1) is 0 Å². The number of hydrogen-bond donors (Lipinski definition) is 2. The van der Waals surface area contributed by atoms with E-state index in [0.717, 1.165) is 30.4 Å². The lowest BCUT2D eigenvalue weighted by atomic mass is 10.2. The summed E-state index contributed by atoms with van der Waals surface area (Å²) in [5, 5.41) is 11.8. The first-order valence-electron chi connectivity index (χ1n) is 10.7. The molecule has 2 aromatic carbocycles. The van der Waals surface area contributed by atoms with Crippen LogP contribution in [0.1, 0.15) is 36.8 Å². The first-order chi connectivity index (χ1) is 15.5. The van der Waals surface area contributed by atoms with Gasteiger partial charge in [-0.25, -0.2) is 9.59 Å². The van der Waals surface area contributed by atoms with Crippen molar-refractivity contribution in [3.05, 3.63) is 71.8 Å². The zero-order chi connectivity index (χ0) is 23.0. The van der Waals surface area contributed by atoms with Crippen molar-refractivity contribution in [2.75, 3.05) is 19.6 Å². The lowest BCUT2D eigenvalue weighted by Crippen LogP contribution is -2.36. The number of amides is 2. The number of nitrogens with zero attached hydrogens (tertiary/aromatic N) is 1. The molecule has 32 heavy (non-hydrogen) atoms. The lowest BCUT2D eigenvalue weighted by molar-refractivity contribution is -0.138. The highest BCUT2D eigenvalue weighted by molar-refractivity contribution is 5.76. The van der Waals surface area contributed by atoms with Crippen LogP contribution in [0.15, 0.2) is 60.7 Å². The molecule has 172 valence electrons. The second kappa shape index (κ2) is 14.5. The molecule has 0 aromatic heterocycles. The minimum Gasteiger partial charge on any atom is -0.480 e. The predicted molar refractivity (Wildman–Crippen MR) is 119 cm³/mol. The highest BCUT2D eigenvalue weighted by Crippen LogP contribution is 2.07. The number of nitrogens with one attached hydrogen (secondary N) is 1. The highest BCUT2D eigenvalue weighted by atomic mass is 16.6. The fourth-order valence-corrected chi connectivity index (χ4v) is 2.95. The van der Waals surface area contributed by atoms with Gasteiger partial charge in [0.25, 0.3) is 0 Å². The van der Waals surface area contributed by atoms with Gasteiger partial charge in [-0.1, -0.05) is 73.5 Å². The number of hydrogen-bond acceptors (Lipinski definition) is 5. The van der Waals surface area contributed by atoms with Crippen LogP contribution in [0.25, 0.3) is 0 Å². The van der Waals surface area contributed by atoms with Gasteiger partial charge in [0.15, 0.2) is 0 Å². The van der Waals surface area contributed by atoms with Crippen molar-refractivity contribution in [3.63, 3.8) is 0 Å². The number of ether oxygens (including phenoxy) is 2. The van der Waals surface area contributed by atoms with E-state index in [1.165, 1.54) is 4.90 Å². The average molecular weight is 443 g/mol. The van der Waals surface area contributed by atoms with Crippen molar-refractivity contribution in [2.24, 2.45) is 0 Å². The highest BCUT2D eigenvalue weighted by Gasteiger charge is 2.17. The number of unbranched alkanes of at least 4 members (excludes halogenated alkanes) is 3. The van der Waals surface area contributed by atoms with Crippen LogP contribution in [0, 0.1) is 0 Å². The molecule has 8 heteroatoms. The standard InChI is InChI=1S/C24H30N2O6/c27-22(28)17-26(24(30)32-19-21-13-7-4-8-14-21)16-10-2-1-9-15-25-23(29)31-18-20-11-5-3-6-12-20/h3-8,11-14H,1-2,9-10,15-19H2,(H,25,29)(H,27,28). The Labute approximate surface area is 188 Å². The second-order valence-electron chi connectivity index (χ2n) is 7.26. The van der Waals surface area contributed by atoms with Gasteiger partial charge in [-0.15, -0.1) is 0 Å². The molecule has 0 bridgehead atoms. The molecule has 0 atom stereocenters. The smallest absolute Gasteiger partial charge is 0.410 e. The molecule has 0 saturated heterocycles. The molecule has 2 aromatic rings. The molecule has 0 aliphatic carbocycles. The third-order valence-electron chi connectivity index (χ3n) is 4.63. The van der Waals surface area contributed by atoms with Crippen LogP contribution in [0.2, 0.25) is 0 Å². The minimum atomic E-state index is -1.08. The molecule has 2 rings (SSSR count). The Kier molecular flexibility index (Phi) is 11.2. The van der Waals surface area contributed by atoms with Crippen LogP contribution < -0.4 is 5.32 Å². The summed E-state index contributed by atoms with van der Waals surface area (Å²) in [5.41, 5.74) is 1.77. The topological polar surface area (TPSA) is 105 Å². The summed E-state index contributed by atoms with van der Waals surface area (Å²) in [6, 6.07) is 18.7. The summed E-state index contributed by atoms with van der Waals surface area (Å²) in [7, 11) is 0. The van der Waals surface area contributed by atoms with Crippen LogP contribution in [0.5, 0.6) is 0 Å². The van der Waals surface area contributed by atoms with Crippen LogP contribution in [-0.2, 0) is 27.5 Å². The number of carboxylic acids is 1. The minimum absolute atomic E-state index is 0.0990. The Morgan fingerprint density at radius 1 is 0.781 bits per heavy atom. The summed E-state index contributed by atoms with van der Waals surface area (Å²) < 4.78 is 10.4. The van der Waals surface area contributed by atoms with Crippen molar-refractivity contribution < 1.29 is 29.0 Å². The summed E-state index contributed by atoms with van der Waals surface area (Å²) in [4.78, 5) is 36.2. The summed E-state index contributed by atoms with van der Waals surface area (Å²) >= 11 is 0. The predicted octanol–water partition coefficient (Wildman–Crippen LogP) is 4.20. The van der Waals surface area contributed by atoms with Gasteiger partial charge in [0.1, 0.15) is 19.8 Å². The van der Waals surface area contributed by atoms with E-state index in [1.54, 1.807) is 0 Å². The SMILES string of the molecule is O=C(O)CN(CCCCCCNC(=O)OCc1ccccc1)C(=O)OCc1ccccc1. The van der Waals surface area contributed by atoms with E-state index in [4.69, 9.17) is 14.6 Å². The molecule has 0 unspecified atom stereocenters. The molecule has 0 fully saturated rings. The molecule has 8 nitrogen and oxygen atoms in total. The average Bonchev–Trinajstić information content (AvgIpc) is 2.81. The van der Waals surface area contributed by atoms with Gasteiger partial charge >= 0.3 is 18.2 Å². The van der Waals surface area contributed by atoms with E-state index < -0.39 is 24.7 Å². The van der Waals surface area contributed by atoms with Gasteiger partial charge in [0.2, 0.25) is 0 Å². The number of carboxylic acid groups (broad SMARTS) is 1. The molecular weight excluding hydrogens is 412 g/mol. The quantitative estimate of drug-likeness (QED) is 0.451. The van der Waals surface area contributed by atoms with Crippen molar-refractivity contribution in [1.29, 1.82) is 0 Å². The third-order valence-corrected chi connectivity index (χ3v) is 4.63. The van der Waals surface area contributed by atoms with Crippen LogP contribution in [0.4, 0.5) is 9.59 Å².